The number of aromatic nitrogens is 1. The van der Waals surface area contributed by atoms with Crippen molar-refractivity contribution in [2.45, 2.75) is 50.6 Å². The van der Waals surface area contributed by atoms with Gasteiger partial charge in [-0.05, 0) is 56.1 Å². The van der Waals surface area contributed by atoms with Crippen LogP contribution in [0.15, 0.2) is 30.3 Å². The van der Waals surface area contributed by atoms with Gasteiger partial charge in [0, 0.05) is 29.9 Å². The van der Waals surface area contributed by atoms with Crippen LogP contribution in [-0.4, -0.2) is 64.5 Å². The molecular weight excluding hydrogens is 420 g/mol. The minimum absolute atomic E-state index is 0.0127. The second-order valence-corrected chi connectivity index (χ2v) is 9.78. The van der Waals surface area contributed by atoms with Gasteiger partial charge in [-0.15, -0.1) is 0 Å². The number of aliphatic hydroxyl groups is 1. The molecule has 3 aliphatic rings. The van der Waals surface area contributed by atoms with Crippen molar-refractivity contribution >= 4 is 28.6 Å². The maximum absolute atomic E-state index is 13.5. The van der Waals surface area contributed by atoms with E-state index >= 15 is 0 Å². The first-order valence-electron chi connectivity index (χ1n) is 12.1. The summed E-state index contributed by atoms with van der Waals surface area (Å²) in [5, 5.41) is 16.7. The second-order valence-electron chi connectivity index (χ2n) is 9.78. The van der Waals surface area contributed by atoms with E-state index in [0.29, 0.717) is 31.1 Å². The minimum Gasteiger partial charge on any atom is -0.394 e. The topological polar surface area (TPSA) is 115 Å². The number of likely N-dealkylation sites (tertiary alicyclic amines) is 1. The summed E-state index contributed by atoms with van der Waals surface area (Å²) in [4.78, 5) is 44.0. The van der Waals surface area contributed by atoms with Crippen LogP contribution in [0.1, 0.15) is 49.0 Å². The third kappa shape index (κ3) is 4.24. The van der Waals surface area contributed by atoms with Crippen molar-refractivity contribution in [1.82, 2.24) is 20.5 Å². The number of nitrogens with one attached hydrogen (secondary N) is 3. The van der Waals surface area contributed by atoms with Crippen LogP contribution in [0.2, 0.25) is 0 Å². The number of H-pyrrole nitrogens is 1. The summed E-state index contributed by atoms with van der Waals surface area (Å²) in [7, 11) is 0. The summed E-state index contributed by atoms with van der Waals surface area (Å²) in [5.74, 6) is -0.136. The SMILES string of the molecule is O=C1NCCC[C@H]1C[C@@H](CO)NC(=O)[C@@H]1[C@H]2CCC[C@H]2CN1C(=O)c1cc2ccccc2[nH]1. The number of fused-ring (bicyclic) bond motifs is 2. The molecule has 1 saturated carbocycles. The van der Waals surface area contributed by atoms with E-state index < -0.39 is 12.1 Å². The highest BCUT2D eigenvalue weighted by Crippen LogP contribution is 2.43. The highest BCUT2D eigenvalue weighted by molar-refractivity contribution is 6.00. The number of carbonyl (C=O) groups is 3. The first-order valence-corrected chi connectivity index (χ1v) is 12.1. The Labute approximate surface area is 193 Å². The van der Waals surface area contributed by atoms with Gasteiger partial charge in [-0.1, -0.05) is 24.6 Å². The Bertz CT molecular complexity index is 1020. The number of piperidine rings is 1. The van der Waals surface area contributed by atoms with E-state index in [1.165, 1.54) is 0 Å². The number of nitrogens with zero attached hydrogens (tertiary/aromatic N) is 1. The molecule has 3 fully saturated rings. The van der Waals surface area contributed by atoms with Gasteiger partial charge in [0.25, 0.3) is 5.91 Å². The fourth-order valence-electron chi connectivity index (χ4n) is 6.06. The summed E-state index contributed by atoms with van der Waals surface area (Å²) in [6, 6.07) is 8.54. The third-order valence-corrected chi connectivity index (χ3v) is 7.72. The van der Waals surface area contributed by atoms with Crippen LogP contribution in [0.3, 0.4) is 0 Å². The number of hydrogen-bond acceptors (Lipinski definition) is 4. The van der Waals surface area contributed by atoms with Crippen LogP contribution in [0.25, 0.3) is 10.9 Å². The number of benzene rings is 1. The molecule has 33 heavy (non-hydrogen) atoms. The molecule has 176 valence electrons. The first-order chi connectivity index (χ1) is 16.0. The monoisotopic (exact) mass is 452 g/mol. The maximum atomic E-state index is 13.5. The third-order valence-electron chi connectivity index (χ3n) is 7.72. The van der Waals surface area contributed by atoms with Crippen LogP contribution < -0.4 is 10.6 Å². The molecule has 3 heterocycles. The maximum Gasteiger partial charge on any atom is 0.271 e. The largest absolute Gasteiger partial charge is 0.394 e. The molecule has 8 nitrogen and oxygen atoms in total. The quantitative estimate of drug-likeness (QED) is 0.535. The Hall–Kier alpha value is -2.87. The molecule has 2 aliphatic heterocycles. The average molecular weight is 453 g/mol. The summed E-state index contributed by atoms with van der Waals surface area (Å²) in [6.07, 6.45) is 5.09. The van der Waals surface area contributed by atoms with E-state index in [0.717, 1.165) is 43.0 Å². The van der Waals surface area contributed by atoms with Gasteiger partial charge >= 0.3 is 0 Å². The summed E-state index contributed by atoms with van der Waals surface area (Å²) >= 11 is 0. The lowest BCUT2D eigenvalue weighted by atomic mass is 9.90. The Kier molecular flexibility index (Phi) is 6.10. The van der Waals surface area contributed by atoms with E-state index in [1.54, 1.807) is 4.90 Å². The molecule has 5 rings (SSSR count). The van der Waals surface area contributed by atoms with E-state index in [2.05, 4.69) is 15.6 Å². The van der Waals surface area contributed by atoms with Crippen molar-refractivity contribution in [2.75, 3.05) is 19.7 Å². The van der Waals surface area contributed by atoms with Crippen LogP contribution in [-0.2, 0) is 9.59 Å². The number of aromatic amines is 1. The standard InChI is InChI=1S/C25H32N4O4/c30-14-18(11-16-7-4-10-26-23(16)31)27-24(32)22-19-8-3-6-17(19)13-29(22)25(33)21-12-15-5-1-2-9-20(15)28-21/h1-2,5,9,12,16-19,22,28,30H,3-4,6-8,10-11,13-14H2,(H,26,31)(H,27,32)/t16-,17-,18-,19-,22-/m0/s1. The molecule has 5 atom stereocenters. The van der Waals surface area contributed by atoms with Gasteiger partial charge < -0.3 is 25.6 Å². The Morgan fingerprint density at radius 1 is 1.18 bits per heavy atom. The fraction of sp³-hybridized carbons (Fsp3) is 0.560. The fourth-order valence-corrected chi connectivity index (χ4v) is 6.06. The highest BCUT2D eigenvalue weighted by Gasteiger charge is 2.50. The molecule has 1 aromatic heterocycles. The first kappa shape index (κ1) is 21.9. The van der Waals surface area contributed by atoms with Gasteiger partial charge in [0.05, 0.1) is 12.6 Å². The zero-order valence-corrected chi connectivity index (χ0v) is 18.8. The number of rotatable bonds is 6. The highest BCUT2D eigenvalue weighted by atomic mass is 16.3. The Morgan fingerprint density at radius 3 is 2.82 bits per heavy atom. The van der Waals surface area contributed by atoms with Crippen molar-refractivity contribution < 1.29 is 19.5 Å². The van der Waals surface area contributed by atoms with E-state index in [4.69, 9.17) is 0 Å². The molecule has 1 aromatic carbocycles. The smallest absolute Gasteiger partial charge is 0.271 e. The van der Waals surface area contributed by atoms with E-state index in [9.17, 15) is 19.5 Å². The van der Waals surface area contributed by atoms with Gasteiger partial charge in [-0.25, -0.2) is 0 Å². The molecule has 1 aliphatic carbocycles. The van der Waals surface area contributed by atoms with Crippen molar-refractivity contribution in [1.29, 1.82) is 0 Å². The number of amides is 3. The predicted octanol–water partition coefficient (Wildman–Crippen LogP) is 1.80. The number of carbonyl (C=O) groups excluding carboxylic acids is 3. The molecule has 4 N–H and O–H groups in total. The lowest BCUT2D eigenvalue weighted by molar-refractivity contribution is -0.130. The summed E-state index contributed by atoms with van der Waals surface area (Å²) in [5.41, 5.74) is 1.39. The number of para-hydroxylation sites is 1. The van der Waals surface area contributed by atoms with Crippen LogP contribution in [0, 0.1) is 17.8 Å². The predicted molar refractivity (Wildman–Crippen MR) is 123 cm³/mol. The second kappa shape index (κ2) is 9.17. The molecule has 3 amide bonds. The zero-order chi connectivity index (χ0) is 22.9. The van der Waals surface area contributed by atoms with Crippen LogP contribution >= 0.6 is 0 Å². The van der Waals surface area contributed by atoms with Gasteiger partial charge in [-0.3, -0.25) is 14.4 Å². The number of hydrogen-bond donors (Lipinski definition) is 4. The molecular formula is C25H32N4O4. The van der Waals surface area contributed by atoms with Crippen molar-refractivity contribution in [3.63, 3.8) is 0 Å². The Balaban J connectivity index is 1.33. The lowest BCUT2D eigenvalue weighted by Gasteiger charge is -2.30. The van der Waals surface area contributed by atoms with E-state index in [-0.39, 0.29) is 36.2 Å². The van der Waals surface area contributed by atoms with Gasteiger partial charge in [0.1, 0.15) is 11.7 Å². The molecule has 2 saturated heterocycles. The van der Waals surface area contributed by atoms with Gasteiger partial charge in [0.2, 0.25) is 11.8 Å². The molecule has 0 unspecified atom stereocenters. The van der Waals surface area contributed by atoms with Gasteiger partial charge in [0.15, 0.2) is 0 Å². The minimum atomic E-state index is -0.550. The lowest BCUT2D eigenvalue weighted by Crippen LogP contribution is -2.52. The van der Waals surface area contributed by atoms with Crippen molar-refractivity contribution in [2.24, 2.45) is 17.8 Å². The molecule has 0 spiro atoms. The Morgan fingerprint density at radius 2 is 2.03 bits per heavy atom. The summed E-state index contributed by atoms with van der Waals surface area (Å²) < 4.78 is 0. The van der Waals surface area contributed by atoms with E-state index in [1.807, 2.05) is 30.3 Å². The molecule has 0 bridgehead atoms. The average Bonchev–Trinajstić information content (AvgIpc) is 3.53. The molecule has 0 radical (unpaired) electrons. The normalized spacial score (nSPS) is 27.9. The van der Waals surface area contributed by atoms with Gasteiger partial charge in [-0.2, -0.15) is 0 Å². The van der Waals surface area contributed by atoms with Crippen molar-refractivity contribution in [3.8, 4) is 0 Å². The zero-order valence-electron chi connectivity index (χ0n) is 18.8. The molecule has 8 heteroatoms. The summed E-state index contributed by atoms with van der Waals surface area (Å²) in [6.45, 7) is 1.03. The van der Waals surface area contributed by atoms with Crippen LogP contribution in [0.4, 0.5) is 0 Å². The van der Waals surface area contributed by atoms with Crippen molar-refractivity contribution in [3.05, 3.63) is 36.0 Å². The van der Waals surface area contributed by atoms with Crippen LogP contribution in [0.5, 0.6) is 0 Å². The number of aliphatic hydroxyl groups excluding tert-OH is 1. The molecule has 2 aromatic rings.